The van der Waals surface area contributed by atoms with Gasteiger partial charge in [0.1, 0.15) is 30.9 Å². The van der Waals surface area contributed by atoms with E-state index >= 15 is 0 Å². The van der Waals surface area contributed by atoms with E-state index in [-0.39, 0.29) is 23.8 Å². The molecular weight excluding hydrogens is 366 g/mol. The summed E-state index contributed by atoms with van der Waals surface area (Å²) in [5, 5.41) is 11.4. The highest BCUT2D eigenvalue weighted by Gasteiger charge is 2.17. The van der Waals surface area contributed by atoms with Crippen molar-refractivity contribution >= 4 is 17.7 Å². The van der Waals surface area contributed by atoms with Crippen LogP contribution in [0.1, 0.15) is 5.56 Å². The lowest BCUT2D eigenvalue weighted by atomic mass is 10.2. The fourth-order valence-corrected chi connectivity index (χ4v) is 2.36. The van der Waals surface area contributed by atoms with E-state index in [1.165, 1.54) is 18.6 Å². The van der Waals surface area contributed by atoms with Crippen molar-refractivity contribution in [3.05, 3.63) is 71.0 Å². The van der Waals surface area contributed by atoms with Crippen LogP contribution in [0, 0.1) is 0 Å². The molecule has 0 unspecified atom stereocenters. The number of hydrogen-bond donors (Lipinski definition) is 2. The molecule has 0 bridgehead atoms. The summed E-state index contributed by atoms with van der Waals surface area (Å²) in [7, 11) is 0. The molecule has 10 nitrogen and oxygen atoms in total. The molecule has 0 spiro atoms. The van der Waals surface area contributed by atoms with Crippen LogP contribution in [-0.4, -0.2) is 36.7 Å². The second kappa shape index (κ2) is 8.54. The number of aliphatic carboxylic acids is 1. The van der Waals surface area contributed by atoms with Gasteiger partial charge < -0.3 is 9.84 Å². The largest absolute Gasteiger partial charge is 0.480 e. The normalized spacial score (nSPS) is 10.3. The Hall–Kier alpha value is -4.08. The zero-order valence-electron chi connectivity index (χ0n) is 14.5. The van der Waals surface area contributed by atoms with Crippen molar-refractivity contribution in [3.63, 3.8) is 0 Å². The molecule has 0 aliphatic heterocycles. The fourth-order valence-electron chi connectivity index (χ4n) is 2.36. The minimum Gasteiger partial charge on any atom is -0.480 e. The Kier molecular flexibility index (Phi) is 5.70. The van der Waals surface area contributed by atoms with Crippen LogP contribution in [0.25, 0.3) is 11.5 Å². The maximum atomic E-state index is 12.7. The molecule has 10 heteroatoms. The molecule has 1 amide bonds. The van der Waals surface area contributed by atoms with Crippen LogP contribution in [0.3, 0.4) is 0 Å². The summed E-state index contributed by atoms with van der Waals surface area (Å²) < 4.78 is 5.96. The molecule has 2 aromatic heterocycles. The molecule has 28 heavy (non-hydrogen) atoms. The van der Waals surface area contributed by atoms with Gasteiger partial charge in [-0.25, -0.2) is 19.7 Å². The molecule has 0 aliphatic carbocycles. The first-order chi connectivity index (χ1) is 13.5. The third kappa shape index (κ3) is 4.55. The number of nitrogens with zero attached hydrogens (tertiary/aromatic N) is 4. The fraction of sp³-hybridized carbons (Fsp3) is 0.111. The van der Waals surface area contributed by atoms with Crippen molar-refractivity contribution in [1.29, 1.82) is 0 Å². The SMILES string of the molecule is O=C(O)Cn1c(-c2ccncn2)ncc(NC(=O)OCc2ccccc2)c1=O. The number of carboxylic acids is 1. The summed E-state index contributed by atoms with van der Waals surface area (Å²) in [6.07, 6.45) is 2.95. The van der Waals surface area contributed by atoms with Crippen molar-refractivity contribution in [1.82, 2.24) is 19.5 Å². The van der Waals surface area contributed by atoms with E-state index in [0.717, 1.165) is 16.3 Å². The number of hydrogen-bond acceptors (Lipinski definition) is 7. The summed E-state index contributed by atoms with van der Waals surface area (Å²) in [4.78, 5) is 47.6. The molecule has 1 aromatic carbocycles. The van der Waals surface area contributed by atoms with Crippen molar-refractivity contribution in [2.24, 2.45) is 0 Å². The average Bonchev–Trinajstić information content (AvgIpc) is 2.71. The molecule has 0 saturated carbocycles. The van der Waals surface area contributed by atoms with E-state index in [0.29, 0.717) is 0 Å². The van der Waals surface area contributed by atoms with E-state index < -0.39 is 24.2 Å². The van der Waals surface area contributed by atoms with E-state index in [2.05, 4.69) is 20.3 Å². The standard InChI is InChI=1S/C18H15N5O5/c24-15(25)9-23-16(13-6-7-19-11-21-13)20-8-14(17(23)26)22-18(27)28-10-12-4-2-1-3-5-12/h1-8,11H,9-10H2,(H,22,27)(H,24,25). The highest BCUT2D eigenvalue weighted by molar-refractivity contribution is 5.84. The molecule has 0 aliphatic rings. The summed E-state index contributed by atoms with van der Waals surface area (Å²) >= 11 is 0. The van der Waals surface area contributed by atoms with Gasteiger partial charge in [-0.15, -0.1) is 0 Å². The van der Waals surface area contributed by atoms with Crippen LogP contribution in [0.5, 0.6) is 0 Å². The highest BCUT2D eigenvalue weighted by Crippen LogP contribution is 2.13. The topological polar surface area (TPSA) is 136 Å². The third-order valence-electron chi connectivity index (χ3n) is 3.60. The summed E-state index contributed by atoms with van der Waals surface area (Å²) in [5.41, 5.74) is 0.0875. The van der Waals surface area contributed by atoms with Crippen LogP contribution >= 0.6 is 0 Å². The van der Waals surface area contributed by atoms with Crippen molar-refractivity contribution in [2.75, 3.05) is 5.32 Å². The molecule has 0 fully saturated rings. The Balaban J connectivity index is 1.82. The van der Waals surface area contributed by atoms with Crippen LogP contribution in [-0.2, 0) is 22.7 Å². The number of anilines is 1. The summed E-state index contributed by atoms with van der Waals surface area (Å²) in [6, 6.07) is 10.5. The van der Waals surface area contributed by atoms with Gasteiger partial charge in [0, 0.05) is 6.20 Å². The van der Waals surface area contributed by atoms with Gasteiger partial charge in [0.2, 0.25) is 0 Å². The minimum atomic E-state index is -1.25. The van der Waals surface area contributed by atoms with Gasteiger partial charge in [0.15, 0.2) is 5.82 Å². The first-order valence-electron chi connectivity index (χ1n) is 8.10. The van der Waals surface area contributed by atoms with Crippen LogP contribution in [0.2, 0.25) is 0 Å². The lowest BCUT2D eigenvalue weighted by Crippen LogP contribution is -2.30. The zero-order chi connectivity index (χ0) is 19.9. The molecule has 2 N–H and O–H groups in total. The quantitative estimate of drug-likeness (QED) is 0.656. The van der Waals surface area contributed by atoms with Gasteiger partial charge in [-0.05, 0) is 11.6 Å². The molecular formula is C18H15N5O5. The van der Waals surface area contributed by atoms with Gasteiger partial charge in [-0.2, -0.15) is 0 Å². The van der Waals surface area contributed by atoms with Gasteiger partial charge in [-0.1, -0.05) is 30.3 Å². The van der Waals surface area contributed by atoms with Gasteiger partial charge in [0.25, 0.3) is 5.56 Å². The third-order valence-corrected chi connectivity index (χ3v) is 3.60. The van der Waals surface area contributed by atoms with Crippen molar-refractivity contribution in [2.45, 2.75) is 13.2 Å². The number of nitrogens with one attached hydrogen (secondary N) is 1. The monoisotopic (exact) mass is 381 g/mol. The van der Waals surface area contributed by atoms with E-state index in [1.807, 2.05) is 6.07 Å². The van der Waals surface area contributed by atoms with E-state index in [1.54, 1.807) is 24.3 Å². The molecule has 3 aromatic rings. The number of ether oxygens (including phenoxy) is 1. The molecule has 0 radical (unpaired) electrons. The molecule has 0 atom stereocenters. The Morgan fingerprint density at radius 3 is 2.61 bits per heavy atom. The van der Waals surface area contributed by atoms with Crippen LogP contribution < -0.4 is 10.9 Å². The van der Waals surface area contributed by atoms with Gasteiger partial charge in [-0.3, -0.25) is 19.5 Å². The zero-order valence-corrected chi connectivity index (χ0v) is 14.5. The summed E-state index contributed by atoms with van der Waals surface area (Å²) in [5.74, 6) is -1.21. The average molecular weight is 381 g/mol. The maximum absolute atomic E-state index is 12.7. The second-order valence-corrected chi connectivity index (χ2v) is 5.56. The molecule has 142 valence electrons. The maximum Gasteiger partial charge on any atom is 0.412 e. The number of rotatable bonds is 6. The Morgan fingerprint density at radius 2 is 1.93 bits per heavy atom. The second-order valence-electron chi connectivity index (χ2n) is 5.56. The van der Waals surface area contributed by atoms with E-state index in [4.69, 9.17) is 9.84 Å². The highest BCUT2D eigenvalue weighted by atomic mass is 16.5. The Morgan fingerprint density at radius 1 is 1.14 bits per heavy atom. The Bertz CT molecular complexity index is 1040. The molecule has 3 rings (SSSR count). The first-order valence-corrected chi connectivity index (χ1v) is 8.10. The number of amides is 1. The lowest BCUT2D eigenvalue weighted by Gasteiger charge is -2.12. The predicted octanol–water partition coefficient (Wildman–Crippen LogP) is 1.53. The van der Waals surface area contributed by atoms with Gasteiger partial charge >= 0.3 is 12.1 Å². The summed E-state index contributed by atoms with van der Waals surface area (Å²) in [6.45, 7) is -0.637. The number of carbonyl (C=O) groups excluding carboxylic acids is 1. The smallest absolute Gasteiger partial charge is 0.412 e. The van der Waals surface area contributed by atoms with Crippen LogP contribution in [0.15, 0.2) is 59.9 Å². The first kappa shape index (κ1) is 18.7. The molecule has 0 saturated heterocycles. The minimum absolute atomic E-state index is 0.0163. The Labute approximate surface area is 158 Å². The number of carboxylic acid groups (broad SMARTS) is 1. The predicted molar refractivity (Wildman–Crippen MR) is 97.4 cm³/mol. The van der Waals surface area contributed by atoms with Gasteiger partial charge in [0.05, 0.1) is 6.20 Å². The van der Waals surface area contributed by atoms with Crippen LogP contribution in [0.4, 0.5) is 10.5 Å². The van der Waals surface area contributed by atoms with Crippen molar-refractivity contribution < 1.29 is 19.4 Å². The van der Waals surface area contributed by atoms with E-state index in [9.17, 15) is 14.4 Å². The number of benzene rings is 1. The molecule has 2 heterocycles. The van der Waals surface area contributed by atoms with Crippen molar-refractivity contribution in [3.8, 4) is 11.5 Å². The number of carbonyl (C=O) groups is 2. The lowest BCUT2D eigenvalue weighted by molar-refractivity contribution is -0.137. The number of aromatic nitrogens is 4.